The molecule has 1 aliphatic rings. The molecule has 9 nitrogen and oxygen atoms in total. The standard InChI is InChI=1S/C14H15F2N3OS.C4H6O5/c15-9-3-8-4-11(7-20-13(8)12(16)5-9)19-10(1-2-17)6-18-14(19)21;5-2(4(8)9)1-3(6)7/h3,5-6,11H,1-2,4,7,17H2,(H,18,21);2,5H,1H2,(H,6,7)(H,8,9)/t11-;2-/m10/s1. The van der Waals surface area contributed by atoms with Crippen LogP contribution >= 0.6 is 12.2 Å². The number of aliphatic hydroxyl groups excluding tert-OH is 1. The summed E-state index contributed by atoms with van der Waals surface area (Å²) in [6, 6.07) is 2.05. The van der Waals surface area contributed by atoms with Gasteiger partial charge in [0.15, 0.2) is 22.4 Å². The minimum atomic E-state index is -1.79. The number of halogens is 2. The predicted molar refractivity (Wildman–Crippen MR) is 103 cm³/mol. The highest BCUT2D eigenvalue weighted by molar-refractivity contribution is 7.71. The summed E-state index contributed by atoms with van der Waals surface area (Å²) in [6.45, 7) is 0.791. The highest BCUT2D eigenvalue weighted by Crippen LogP contribution is 2.33. The number of aliphatic hydroxyl groups is 1. The lowest BCUT2D eigenvalue weighted by Crippen LogP contribution is -2.27. The van der Waals surface area contributed by atoms with Gasteiger partial charge in [-0.25, -0.2) is 13.6 Å². The van der Waals surface area contributed by atoms with Crippen LogP contribution in [0.5, 0.6) is 5.75 Å². The van der Waals surface area contributed by atoms with E-state index < -0.39 is 36.1 Å². The summed E-state index contributed by atoms with van der Waals surface area (Å²) in [5.41, 5.74) is 7.08. The first kappa shape index (κ1) is 23.4. The molecule has 0 spiro atoms. The molecule has 12 heteroatoms. The van der Waals surface area contributed by atoms with E-state index in [1.165, 1.54) is 6.07 Å². The number of carbonyl (C=O) groups is 2. The van der Waals surface area contributed by atoms with Gasteiger partial charge in [-0.15, -0.1) is 0 Å². The van der Waals surface area contributed by atoms with Crippen molar-refractivity contribution in [2.24, 2.45) is 5.73 Å². The van der Waals surface area contributed by atoms with Gasteiger partial charge >= 0.3 is 11.9 Å². The average molecular weight is 445 g/mol. The molecule has 2 atom stereocenters. The number of ether oxygens (including phenoxy) is 1. The normalized spacial score (nSPS) is 15.9. The maximum Gasteiger partial charge on any atom is 0.333 e. The maximum absolute atomic E-state index is 13.7. The number of nitrogens with one attached hydrogen (secondary N) is 1. The van der Waals surface area contributed by atoms with E-state index >= 15 is 0 Å². The molecule has 1 aromatic carbocycles. The molecule has 0 saturated heterocycles. The molecule has 3 rings (SSSR count). The third-order valence-corrected chi connectivity index (χ3v) is 4.58. The first-order valence-electron chi connectivity index (χ1n) is 8.86. The lowest BCUT2D eigenvalue weighted by Gasteiger charge is -2.27. The summed E-state index contributed by atoms with van der Waals surface area (Å²) in [6.07, 6.45) is 0.413. The van der Waals surface area contributed by atoms with E-state index in [0.717, 1.165) is 11.8 Å². The molecule has 164 valence electrons. The van der Waals surface area contributed by atoms with Crippen molar-refractivity contribution in [2.75, 3.05) is 13.2 Å². The molecular formula is C18H21F2N3O6S. The van der Waals surface area contributed by atoms with Gasteiger partial charge in [-0.3, -0.25) is 4.79 Å². The Hall–Kier alpha value is -2.83. The number of hydrogen-bond donors (Lipinski definition) is 5. The molecule has 0 fully saturated rings. The number of aliphatic carboxylic acids is 2. The zero-order valence-electron chi connectivity index (χ0n) is 15.7. The number of carboxylic acid groups (broad SMARTS) is 2. The number of aromatic nitrogens is 2. The summed E-state index contributed by atoms with van der Waals surface area (Å²) in [5, 5.41) is 24.1. The molecule has 2 heterocycles. The van der Waals surface area contributed by atoms with Gasteiger partial charge in [-0.1, -0.05) is 0 Å². The molecular weight excluding hydrogens is 424 g/mol. The monoisotopic (exact) mass is 445 g/mol. The van der Waals surface area contributed by atoms with E-state index in [-0.39, 0.29) is 11.8 Å². The lowest BCUT2D eigenvalue weighted by molar-refractivity contribution is -0.152. The number of H-pyrrole nitrogens is 1. The third kappa shape index (κ3) is 5.84. The van der Waals surface area contributed by atoms with E-state index in [2.05, 4.69) is 4.98 Å². The van der Waals surface area contributed by atoms with Crippen LogP contribution in [0.25, 0.3) is 0 Å². The van der Waals surface area contributed by atoms with Crippen LogP contribution < -0.4 is 10.5 Å². The van der Waals surface area contributed by atoms with Gasteiger partial charge in [-0.05, 0) is 24.8 Å². The molecule has 1 aromatic heterocycles. The van der Waals surface area contributed by atoms with Crippen LogP contribution in [-0.4, -0.2) is 56.1 Å². The Kier molecular flexibility index (Phi) is 8.03. The summed E-state index contributed by atoms with van der Waals surface area (Å²) >= 11 is 5.28. The average Bonchev–Trinajstić information content (AvgIpc) is 3.01. The summed E-state index contributed by atoms with van der Waals surface area (Å²) in [5.74, 6) is -3.98. The topological polar surface area (TPSA) is 151 Å². The van der Waals surface area contributed by atoms with Crippen LogP contribution in [0.2, 0.25) is 0 Å². The van der Waals surface area contributed by atoms with Gasteiger partial charge in [0, 0.05) is 36.4 Å². The van der Waals surface area contributed by atoms with Gasteiger partial charge in [0.25, 0.3) is 0 Å². The van der Waals surface area contributed by atoms with Gasteiger partial charge in [-0.2, -0.15) is 0 Å². The largest absolute Gasteiger partial charge is 0.488 e. The minimum Gasteiger partial charge on any atom is -0.488 e. The number of nitrogens with zero attached hydrogens (tertiary/aromatic N) is 1. The second-order valence-corrected chi connectivity index (χ2v) is 6.88. The van der Waals surface area contributed by atoms with Crippen LogP contribution in [-0.2, 0) is 22.4 Å². The van der Waals surface area contributed by atoms with E-state index in [0.29, 0.717) is 36.3 Å². The highest BCUT2D eigenvalue weighted by Gasteiger charge is 2.26. The third-order valence-electron chi connectivity index (χ3n) is 4.27. The number of nitrogens with two attached hydrogens (primary N) is 1. The summed E-state index contributed by atoms with van der Waals surface area (Å²) < 4.78 is 35.0. The van der Waals surface area contributed by atoms with Gasteiger partial charge in [0.2, 0.25) is 0 Å². The Morgan fingerprint density at radius 1 is 1.37 bits per heavy atom. The van der Waals surface area contributed by atoms with Crippen molar-refractivity contribution in [3.8, 4) is 5.75 Å². The van der Waals surface area contributed by atoms with E-state index in [1.807, 2.05) is 10.8 Å². The molecule has 0 amide bonds. The lowest BCUT2D eigenvalue weighted by atomic mass is 10.0. The second-order valence-electron chi connectivity index (χ2n) is 6.49. The van der Waals surface area contributed by atoms with Crippen molar-refractivity contribution in [1.29, 1.82) is 0 Å². The van der Waals surface area contributed by atoms with Crippen LogP contribution in [0.1, 0.15) is 23.7 Å². The summed E-state index contributed by atoms with van der Waals surface area (Å²) in [4.78, 5) is 22.4. The molecule has 0 saturated carbocycles. The van der Waals surface area contributed by atoms with Crippen LogP contribution in [0.4, 0.5) is 8.78 Å². The van der Waals surface area contributed by atoms with Crippen molar-refractivity contribution in [3.63, 3.8) is 0 Å². The molecule has 6 N–H and O–H groups in total. The number of fused-ring (bicyclic) bond motifs is 1. The first-order valence-corrected chi connectivity index (χ1v) is 9.27. The maximum atomic E-state index is 13.7. The Morgan fingerprint density at radius 2 is 2.07 bits per heavy atom. The smallest absolute Gasteiger partial charge is 0.333 e. The first-order chi connectivity index (χ1) is 14.1. The van der Waals surface area contributed by atoms with Crippen molar-refractivity contribution >= 4 is 24.2 Å². The van der Waals surface area contributed by atoms with Gasteiger partial charge in [0.05, 0.1) is 12.5 Å². The molecule has 1 aliphatic heterocycles. The number of carboxylic acids is 2. The van der Waals surface area contributed by atoms with Gasteiger partial charge in [0.1, 0.15) is 12.4 Å². The Bertz CT molecular complexity index is 977. The fraction of sp³-hybridized carbons (Fsp3) is 0.389. The van der Waals surface area contributed by atoms with E-state index in [1.54, 1.807) is 0 Å². The Labute approximate surface area is 174 Å². The number of benzene rings is 1. The summed E-state index contributed by atoms with van der Waals surface area (Å²) in [7, 11) is 0. The molecule has 30 heavy (non-hydrogen) atoms. The highest BCUT2D eigenvalue weighted by atomic mass is 32.1. The number of hydrogen-bond acceptors (Lipinski definition) is 6. The van der Waals surface area contributed by atoms with Crippen LogP contribution in [0.3, 0.4) is 0 Å². The van der Waals surface area contributed by atoms with Crippen molar-refractivity contribution in [3.05, 3.63) is 46.0 Å². The number of aromatic amines is 1. The van der Waals surface area contributed by atoms with Crippen LogP contribution in [0, 0.1) is 16.4 Å². The molecule has 0 radical (unpaired) electrons. The fourth-order valence-corrected chi connectivity index (χ4v) is 3.32. The van der Waals surface area contributed by atoms with Crippen molar-refractivity contribution in [2.45, 2.75) is 31.4 Å². The Morgan fingerprint density at radius 3 is 2.63 bits per heavy atom. The van der Waals surface area contributed by atoms with Gasteiger partial charge < -0.3 is 35.3 Å². The fourth-order valence-electron chi connectivity index (χ4n) is 2.99. The molecule has 0 unspecified atom stereocenters. The number of imidazole rings is 1. The Balaban J connectivity index is 0.000000303. The SMILES string of the molecule is NCCc1c[nH]c(=S)n1[C@H]1COc2c(F)cc(F)cc2C1.O=C(O)C[C@H](O)C(=O)O. The van der Waals surface area contributed by atoms with E-state index in [9.17, 15) is 18.4 Å². The second kappa shape index (κ2) is 10.3. The zero-order chi connectivity index (χ0) is 22.4. The predicted octanol–water partition coefficient (Wildman–Crippen LogP) is 1.41. The van der Waals surface area contributed by atoms with E-state index in [4.69, 9.17) is 38.0 Å². The van der Waals surface area contributed by atoms with Crippen molar-refractivity contribution in [1.82, 2.24) is 9.55 Å². The van der Waals surface area contributed by atoms with Crippen LogP contribution in [0.15, 0.2) is 18.3 Å². The molecule has 0 aliphatic carbocycles. The minimum absolute atomic E-state index is 0.0981. The van der Waals surface area contributed by atoms with Crippen molar-refractivity contribution < 1.29 is 38.4 Å². The quantitative estimate of drug-likeness (QED) is 0.419. The molecule has 0 bridgehead atoms. The molecule has 2 aromatic rings. The number of rotatable bonds is 6. The zero-order valence-corrected chi connectivity index (χ0v) is 16.5.